The molecule has 2 rings (SSSR count). The molecule has 1 heterocycles. The molecule has 1 aliphatic heterocycles. The van der Waals surface area contributed by atoms with Gasteiger partial charge >= 0.3 is 0 Å². The van der Waals surface area contributed by atoms with E-state index in [0.717, 1.165) is 13.0 Å². The smallest absolute Gasteiger partial charge is 0.225 e. The van der Waals surface area contributed by atoms with Crippen LogP contribution in [0.1, 0.15) is 39.0 Å². The van der Waals surface area contributed by atoms with E-state index < -0.39 is 0 Å². The molecular formula is C12H22BNO. The van der Waals surface area contributed by atoms with Crippen LogP contribution >= 0.6 is 0 Å². The molecule has 2 aliphatic rings. The zero-order valence-corrected chi connectivity index (χ0v) is 10.3. The van der Waals surface area contributed by atoms with Gasteiger partial charge in [-0.2, -0.15) is 0 Å². The van der Waals surface area contributed by atoms with Gasteiger partial charge in [0.2, 0.25) is 5.91 Å². The van der Waals surface area contributed by atoms with Crippen LogP contribution in [0.5, 0.6) is 0 Å². The van der Waals surface area contributed by atoms with E-state index in [2.05, 4.69) is 14.8 Å². The summed E-state index contributed by atoms with van der Waals surface area (Å²) in [7, 11) is 4.30. The maximum absolute atomic E-state index is 12.0. The van der Waals surface area contributed by atoms with Crippen LogP contribution in [0.4, 0.5) is 0 Å². The molecule has 2 unspecified atom stereocenters. The topological polar surface area (TPSA) is 20.3 Å². The number of amides is 1. The lowest BCUT2D eigenvalue weighted by Gasteiger charge is -2.35. The molecule has 0 aromatic rings. The molecule has 0 spiro atoms. The highest BCUT2D eigenvalue weighted by atomic mass is 16.2. The predicted octanol–water partition coefficient (Wildman–Crippen LogP) is 1.47. The van der Waals surface area contributed by atoms with Crippen molar-refractivity contribution in [3.63, 3.8) is 0 Å². The minimum Gasteiger partial charge on any atom is -0.346 e. The first kappa shape index (κ1) is 11.0. The molecule has 0 aromatic heterocycles. The highest BCUT2D eigenvalue weighted by Crippen LogP contribution is 2.44. The lowest BCUT2D eigenvalue weighted by atomic mass is 9.65. The van der Waals surface area contributed by atoms with Gasteiger partial charge in [0, 0.05) is 19.5 Å². The van der Waals surface area contributed by atoms with Crippen LogP contribution in [-0.4, -0.2) is 32.2 Å². The van der Waals surface area contributed by atoms with Crippen molar-refractivity contribution in [3.8, 4) is 0 Å². The molecule has 2 fully saturated rings. The number of nitrogens with zero attached hydrogens (tertiary/aromatic N) is 1. The van der Waals surface area contributed by atoms with E-state index in [1.807, 2.05) is 11.9 Å². The summed E-state index contributed by atoms with van der Waals surface area (Å²) in [6.45, 7) is 3.32. The second-order valence-corrected chi connectivity index (χ2v) is 6.16. The van der Waals surface area contributed by atoms with Gasteiger partial charge in [0.05, 0.1) is 0 Å². The van der Waals surface area contributed by atoms with Gasteiger partial charge in [-0.15, -0.1) is 0 Å². The lowest BCUT2D eigenvalue weighted by molar-refractivity contribution is -0.139. The van der Waals surface area contributed by atoms with Gasteiger partial charge < -0.3 is 4.90 Å². The average molecular weight is 207 g/mol. The fraction of sp³-hybridized carbons (Fsp3) is 0.917. The predicted molar refractivity (Wildman–Crippen MR) is 64.6 cm³/mol. The van der Waals surface area contributed by atoms with Crippen molar-refractivity contribution >= 4 is 13.8 Å². The first-order valence-corrected chi connectivity index (χ1v) is 6.25. The second-order valence-electron chi connectivity index (χ2n) is 6.16. The molecule has 0 bridgehead atoms. The molecule has 0 aromatic carbocycles. The number of hydrogen-bond donors (Lipinski definition) is 0. The van der Waals surface area contributed by atoms with Gasteiger partial charge in [-0.3, -0.25) is 4.79 Å². The zero-order valence-electron chi connectivity index (χ0n) is 10.3. The summed E-state index contributed by atoms with van der Waals surface area (Å²) in [5, 5.41) is 0.455. The fourth-order valence-corrected chi connectivity index (χ4v) is 3.11. The van der Waals surface area contributed by atoms with Gasteiger partial charge in [-0.05, 0) is 25.2 Å². The molecular weight excluding hydrogens is 185 g/mol. The van der Waals surface area contributed by atoms with Crippen molar-refractivity contribution in [2.24, 2.45) is 11.8 Å². The molecule has 2 nitrogen and oxygen atoms in total. The third-order valence-electron chi connectivity index (χ3n) is 4.42. The Hall–Kier alpha value is -0.465. The van der Waals surface area contributed by atoms with E-state index in [4.69, 9.17) is 0 Å². The van der Waals surface area contributed by atoms with E-state index in [1.165, 1.54) is 25.7 Å². The molecule has 1 saturated carbocycles. The molecule has 1 saturated heterocycles. The molecule has 1 aliphatic carbocycles. The highest BCUT2D eigenvalue weighted by molar-refractivity contribution is 6.14. The summed E-state index contributed by atoms with van der Waals surface area (Å²) in [6, 6.07) is 0. The van der Waals surface area contributed by atoms with Crippen molar-refractivity contribution < 1.29 is 4.79 Å². The Bertz CT molecular complexity index is 264. The van der Waals surface area contributed by atoms with E-state index >= 15 is 0 Å². The Labute approximate surface area is 93.8 Å². The van der Waals surface area contributed by atoms with Crippen LogP contribution in [0.2, 0.25) is 5.31 Å². The van der Waals surface area contributed by atoms with Gasteiger partial charge in [0.15, 0.2) is 0 Å². The second kappa shape index (κ2) is 3.84. The number of hydrogen-bond acceptors (Lipinski definition) is 1. The standard InChI is InChI=1S/C12H22BNO/c1-12(13)6-3-9-5-8-14(2)11(15)10(9)4-7-12/h9-10H,3-8,13H2,1-2H3/t9?,10-,12?/m0/s1. The maximum atomic E-state index is 12.0. The molecule has 15 heavy (non-hydrogen) atoms. The van der Waals surface area contributed by atoms with Crippen molar-refractivity contribution in [1.29, 1.82) is 0 Å². The molecule has 84 valence electrons. The van der Waals surface area contributed by atoms with Crippen LogP contribution in [0, 0.1) is 11.8 Å². The summed E-state index contributed by atoms with van der Waals surface area (Å²) in [6.07, 6.45) is 6.11. The van der Waals surface area contributed by atoms with Crippen LogP contribution in [0.3, 0.4) is 0 Å². The normalized spacial score (nSPS) is 42.3. The number of fused-ring (bicyclic) bond motifs is 1. The minimum atomic E-state index is 0.338. The summed E-state index contributed by atoms with van der Waals surface area (Å²) in [5.74, 6) is 1.42. The number of carbonyl (C=O) groups excluding carboxylic acids is 1. The number of likely N-dealkylation sites (tertiary alicyclic amines) is 1. The van der Waals surface area contributed by atoms with Gasteiger partial charge in [-0.1, -0.05) is 25.1 Å². The van der Waals surface area contributed by atoms with Gasteiger partial charge in [0.25, 0.3) is 0 Å². The summed E-state index contributed by atoms with van der Waals surface area (Å²) < 4.78 is 0. The van der Waals surface area contributed by atoms with E-state index in [0.29, 0.717) is 23.1 Å². The van der Waals surface area contributed by atoms with Crippen molar-refractivity contribution in [2.75, 3.05) is 13.6 Å². The van der Waals surface area contributed by atoms with Gasteiger partial charge in [-0.25, -0.2) is 0 Å². The van der Waals surface area contributed by atoms with Crippen LogP contribution < -0.4 is 0 Å². The fourth-order valence-electron chi connectivity index (χ4n) is 3.11. The summed E-state index contributed by atoms with van der Waals surface area (Å²) >= 11 is 0. The van der Waals surface area contributed by atoms with Crippen LogP contribution in [0.15, 0.2) is 0 Å². The van der Waals surface area contributed by atoms with Crippen LogP contribution in [0.25, 0.3) is 0 Å². The molecule has 3 atom stereocenters. The highest BCUT2D eigenvalue weighted by Gasteiger charge is 2.38. The van der Waals surface area contributed by atoms with Crippen LogP contribution in [-0.2, 0) is 4.79 Å². The van der Waals surface area contributed by atoms with Crippen molar-refractivity contribution in [2.45, 2.75) is 44.3 Å². The molecule has 1 amide bonds. The summed E-state index contributed by atoms with van der Waals surface area (Å²) in [4.78, 5) is 14.0. The lowest BCUT2D eigenvalue weighted by Crippen LogP contribution is -2.42. The van der Waals surface area contributed by atoms with E-state index in [1.54, 1.807) is 0 Å². The third kappa shape index (κ3) is 2.21. The number of rotatable bonds is 0. The first-order valence-electron chi connectivity index (χ1n) is 6.25. The number of piperidine rings is 1. The quantitative estimate of drug-likeness (QED) is 0.551. The number of carbonyl (C=O) groups is 1. The van der Waals surface area contributed by atoms with Crippen molar-refractivity contribution in [1.82, 2.24) is 4.90 Å². The SMILES string of the molecule is BC1(C)CCC2CCN(C)C(=O)[C@H]2CC1. The average Bonchev–Trinajstić information content (AvgIpc) is 2.32. The zero-order chi connectivity index (χ0) is 11.1. The molecule has 3 heteroatoms. The largest absolute Gasteiger partial charge is 0.346 e. The van der Waals surface area contributed by atoms with Crippen molar-refractivity contribution in [3.05, 3.63) is 0 Å². The Morgan fingerprint density at radius 2 is 2.00 bits per heavy atom. The van der Waals surface area contributed by atoms with E-state index in [9.17, 15) is 4.79 Å². The monoisotopic (exact) mass is 207 g/mol. The maximum Gasteiger partial charge on any atom is 0.225 e. The Morgan fingerprint density at radius 3 is 2.73 bits per heavy atom. The Morgan fingerprint density at radius 1 is 1.33 bits per heavy atom. The Balaban J connectivity index is 2.10. The third-order valence-corrected chi connectivity index (χ3v) is 4.42. The van der Waals surface area contributed by atoms with Gasteiger partial charge in [0.1, 0.15) is 7.85 Å². The first-order chi connectivity index (χ1) is 6.99. The summed E-state index contributed by atoms with van der Waals surface area (Å²) in [5.41, 5.74) is 0. The Kier molecular flexibility index (Phi) is 2.82. The van der Waals surface area contributed by atoms with E-state index in [-0.39, 0.29) is 0 Å². The molecule has 0 radical (unpaired) electrons. The minimum absolute atomic E-state index is 0.338. The molecule has 0 N–H and O–H groups in total.